The fourth-order valence-electron chi connectivity index (χ4n) is 4.57. The normalized spacial score (nSPS) is 18.8. The van der Waals surface area contributed by atoms with E-state index in [9.17, 15) is 14.7 Å². The summed E-state index contributed by atoms with van der Waals surface area (Å²) in [5, 5.41) is 10.9. The van der Waals surface area contributed by atoms with Crippen LogP contribution in [0, 0.1) is 5.92 Å². The molecule has 2 aromatic carbocycles. The Morgan fingerprint density at radius 1 is 1.11 bits per heavy atom. The number of allylic oxidation sites excluding steroid dienone is 1. The summed E-state index contributed by atoms with van der Waals surface area (Å²) >= 11 is 0. The van der Waals surface area contributed by atoms with E-state index in [0.29, 0.717) is 44.6 Å². The molecule has 2 heterocycles. The SMILES string of the molecule is CC(C)CCOc1cccc(C2C(C(=O)/C=C/c3ccccc3)=C(O)C(=O)N2CCN2CCOCC2)c1. The second-order valence-corrected chi connectivity index (χ2v) is 9.83. The van der Waals surface area contributed by atoms with Crippen molar-refractivity contribution in [3.63, 3.8) is 0 Å². The molecule has 0 radical (unpaired) electrons. The minimum Gasteiger partial charge on any atom is -0.503 e. The van der Waals surface area contributed by atoms with Gasteiger partial charge in [0.2, 0.25) is 0 Å². The van der Waals surface area contributed by atoms with Gasteiger partial charge in [-0.05, 0) is 41.7 Å². The highest BCUT2D eigenvalue weighted by atomic mass is 16.5. The molecule has 2 aromatic rings. The third-order valence-electron chi connectivity index (χ3n) is 6.69. The van der Waals surface area contributed by atoms with Gasteiger partial charge in [0.15, 0.2) is 11.5 Å². The third kappa shape index (κ3) is 6.87. The van der Waals surface area contributed by atoms with Crippen LogP contribution in [0.5, 0.6) is 5.75 Å². The maximum atomic E-state index is 13.4. The fourth-order valence-corrected chi connectivity index (χ4v) is 4.57. The summed E-state index contributed by atoms with van der Waals surface area (Å²) in [6, 6.07) is 16.2. The molecule has 7 heteroatoms. The molecule has 1 amide bonds. The Morgan fingerprint density at radius 3 is 2.59 bits per heavy atom. The molecule has 4 rings (SSSR count). The number of benzene rings is 2. The first-order chi connectivity index (χ1) is 17.9. The summed E-state index contributed by atoms with van der Waals surface area (Å²) in [7, 11) is 0. The van der Waals surface area contributed by atoms with Crippen LogP contribution in [0.1, 0.15) is 37.4 Å². The molecule has 0 aromatic heterocycles. The Morgan fingerprint density at radius 2 is 1.86 bits per heavy atom. The van der Waals surface area contributed by atoms with Gasteiger partial charge in [0.25, 0.3) is 5.91 Å². The van der Waals surface area contributed by atoms with E-state index in [0.717, 1.165) is 30.6 Å². The van der Waals surface area contributed by atoms with E-state index >= 15 is 0 Å². The van der Waals surface area contributed by atoms with E-state index in [2.05, 4.69) is 18.7 Å². The Kier molecular flexibility index (Phi) is 9.14. The zero-order valence-electron chi connectivity index (χ0n) is 21.6. The predicted molar refractivity (Wildman–Crippen MR) is 143 cm³/mol. The summed E-state index contributed by atoms with van der Waals surface area (Å²) in [5.74, 6) is -0.204. The van der Waals surface area contributed by atoms with Gasteiger partial charge in [0.05, 0.1) is 31.4 Å². The number of aliphatic hydroxyl groups excluding tert-OH is 1. The number of carbonyl (C=O) groups is 2. The average Bonchev–Trinajstić information content (AvgIpc) is 3.17. The third-order valence-corrected chi connectivity index (χ3v) is 6.69. The number of amides is 1. The molecular formula is C30H36N2O5. The van der Waals surface area contributed by atoms with Crippen molar-refractivity contribution in [3.05, 3.63) is 83.1 Å². The van der Waals surface area contributed by atoms with Gasteiger partial charge in [0, 0.05) is 26.2 Å². The molecule has 1 unspecified atom stereocenters. The first-order valence-corrected chi connectivity index (χ1v) is 13.0. The van der Waals surface area contributed by atoms with Crippen molar-refractivity contribution >= 4 is 17.8 Å². The highest BCUT2D eigenvalue weighted by Crippen LogP contribution is 2.39. The number of ketones is 1. The van der Waals surface area contributed by atoms with Gasteiger partial charge >= 0.3 is 0 Å². The summed E-state index contributed by atoms with van der Waals surface area (Å²) in [6.07, 6.45) is 4.05. The lowest BCUT2D eigenvalue weighted by molar-refractivity contribution is -0.129. The van der Waals surface area contributed by atoms with Crippen molar-refractivity contribution in [1.29, 1.82) is 0 Å². The second-order valence-electron chi connectivity index (χ2n) is 9.83. The largest absolute Gasteiger partial charge is 0.503 e. The minimum absolute atomic E-state index is 0.0958. The van der Waals surface area contributed by atoms with Crippen LogP contribution >= 0.6 is 0 Å². The topological polar surface area (TPSA) is 79.3 Å². The van der Waals surface area contributed by atoms with Crippen LogP contribution in [-0.4, -0.2) is 72.6 Å². The Labute approximate surface area is 219 Å². The fraction of sp³-hybridized carbons (Fsp3) is 0.400. The number of hydrogen-bond donors (Lipinski definition) is 1. The number of ether oxygens (including phenoxy) is 2. The monoisotopic (exact) mass is 504 g/mol. The molecule has 1 atom stereocenters. The van der Waals surface area contributed by atoms with E-state index in [1.54, 1.807) is 11.0 Å². The lowest BCUT2D eigenvalue weighted by atomic mass is 9.95. The van der Waals surface area contributed by atoms with E-state index in [1.807, 2.05) is 54.6 Å². The zero-order chi connectivity index (χ0) is 26.2. The summed E-state index contributed by atoms with van der Waals surface area (Å²) < 4.78 is 11.4. The minimum atomic E-state index is -0.699. The van der Waals surface area contributed by atoms with E-state index in [4.69, 9.17) is 9.47 Å². The number of morpholine rings is 1. The van der Waals surface area contributed by atoms with E-state index in [-0.39, 0.29) is 11.4 Å². The highest BCUT2D eigenvalue weighted by Gasteiger charge is 2.43. The molecule has 7 nitrogen and oxygen atoms in total. The van der Waals surface area contributed by atoms with Crippen LogP contribution in [0.4, 0.5) is 0 Å². The Hall–Kier alpha value is -3.42. The van der Waals surface area contributed by atoms with Crippen molar-refractivity contribution < 1.29 is 24.2 Å². The van der Waals surface area contributed by atoms with Crippen molar-refractivity contribution in [2.24, 2.45) is 5.92 Å². The molecule has 1 fully saturated rings. The van der Waals surface area contributed by atoms with Gasteiger partial charge in [-0.3, -0.25) is 14.5 Å². The molecule has 0 saturated carbocycles. The van der Waals surface area contributed by atoms with Crippen molar-refractivity contribution in [3.8, 4) is 5.75 Å². The van der Waals surface area contributed by atoms with E-state index < -0.39 is 17.7 Å². The molecule has 2 aliphatic rings. The highest BCUT2D eigenvalue weighted by molar-refractivity contribution is 6.14. The average molecular weight is 505 g/mol. The first kappa shape index (κ1) is 26.6. The first-order valence-electron chi connectivity index (χ1n) is 13.0. The standard InChI is InChI=1S/C30H36N2O5/c1-22(2)13-18-37-25-10-6-9-24(21-25)28-27(26(33)12-11-23-7-4-3-5-8-23)29(34)30(35)32(28)15-14-31-16-19-36-20-17-31/h3-12,21-22,28,34H,13-20H2,1-2H3/b12-11+. The molecule has 1 saturated heterocycles. The van der Waals surface area contributed by atoms with Crippen LogP contribution < -0.4 is 4.74 Å². The number of aliphatic hydroxyl groups is 1. The molecule has 0 aliphatic carbocycles. The van der Waals surface area contributed by atoms with Gasteiger partial charge in [0.1, 0.15) is 5.75 Å². The van der Waals surface area contributed by atoms with Gasteiger partial charge in [-0.15, -0.1) is 0 Å². The molecular weight excluding hydrogens is 468 g/mol. The number of rotatable bonds is 11. The van der Waals surface area contributed by atoms with Crippen LogP contribution in [-0.2, 0) is 14.3 Å². The summed E-state index contributed by atoms with van der Waals surface area (Å²) in [4.78, 5) is 30.5. The molecule has 0 spiro atoms. The van der Waals surface area contributed by atoms with Gasteiger partial charge < -0.3 is 19.5 Å². The molecule has 2 aliphatic heterocycles. The number of carbonyl (C=O) groups excluding carboxylic acids is 2. The zero-order valence-corrected chi connectivity index (χ0v) is 21.6. The van der Waals surface area contributed by atoms with Gasteiger partial charge in [-0.25, -0.2) is 0 Å². The number of hydrogen-bond acceptors (Lipinski definition) is 6. The Balaban J connectivity index is 1.61. The second kappa shape index (κ2) is 12.7. The van der Waals surface area contributed by atoms with Crippen molar-refractivity contribution in [2.45, 2.75) is 26.3 Å². The maximum absolute atomic E-state index is 13.4. The van der Waals surface area contributed by atoms with Gasteiger partial charge in [-0.2, -0.15) is 0 Å². The number of nitrogens with zero attached hydrogens (tertiary/aromatic N) is 2. The van der Waals surface area contributed by atoms with Crippen LogP contribution in [0.3, 0.4) is 0 Å². The predicted octanol–water partition coefficient (Wildman–Crippen LogP) is 4.42. The molecule has 1 N–H and O–H groups in total. The lowest BCUT2D eigenvalue weighted by Gasteiger charge is -2.31. The summed E-state index contributed by atoms with van der Waals surface area (Å²) in [6.45, 7) is 8.77. The molecule has 37 heavy (non-hydrogen) atoms. The lowest BCUT2D eigenvalue weighted by Crippen LogP contribution is -2.43. The smallest absolute Gasteiger partial charge is 0.290 e. The summed E-state index contributed by atoms with van der Waals surface area (Å²) in [5.41, 5.74) is 1.69. The van der Waals surface area contributed by atoms with Crippen LogP contribution in [0.2, 0.25) is 0 Å². The molecule has 196 valence electrons. The van der Waals surface area contributed by atoms with Crippen LogP contribution in [0.15, 0.2) is 72.0 Å². The van der Waals surface area contributed by atoms with Crippen molar-refractivity contribution in [1.82, 2.24) is 9.80 Å². The van der Waals surface area contributed by atoms with Crippen LogP contribution in [0.25, 0.3) is 6.08 Å². The maximum Gasteiger partial charge on any atom is 0.290 e. The van der Waals surface area contributed by atoms with Gasteiger partial charge in [-0.1, -0.05) is 62.4 Å². The Bertz CT molecular complexity index is 1140. The molecule has 0 bridgehead atoms. The van der Waals surface area contributed by atoms with Crippen molar-refractivity contribution in [2.75, 3.05) is 46.0 Å². The van der Waals surface area contributed by atoms with E-state index in [1.165, 1.54) is 6.08 Å². The quantitative estimate of drug-likeness (QED) is 0.457.